The van der Waals surface area contributed by atoms with Crippen LogP contribution in [-0.4, -0.2) is 22.3 Å². The molecule has 1 heterocycles. The molecule has 0 aliphatic rings. The molecule has 0 aliphatic carbocycles. The first-order valence-electron chi connectivity index (χ1n) is 7.39. The first-order chi connectivity index (χ1) is 11.6. The summed E-state index contributed by atoms with van der Waals surface area (Å²) in [4.78, 5) is 27.4. The molecule has 0 atom stereocenters. The van der Waals surface area contributed by atoms with Gasteiger partial charge in [-0.25, -0.2) is 9.78 Å². The zero-order chi connectivity index (χ0) is 17.1. The number of ether oxygens (including phenoxy) is 1. The molecular formula is C19H15NO4. The minimum absolute atomic E-state index is 0.0202. The van der Waals surface area contributed by atoms with Gasteiger partial charge >= 0.3 is 5.97 Å². The topological polar surface area (TPSA) is 76.5 Å². The van der Waals surface area contributed by atoms with Gasteiger partial charge in [0.25, 0.3) is 0 Å². The highest BCUT2D eigenvalue weighted by atomic mass is 16.5. The summed E-state index contributed by atoms with van der Waals surface area (Å²) in [6.45, 7) is 1.55. The van der Waals surface area contributed by atoms with Crippen LogP contribution < -0.4 is 4.74 Å². The van der Waals surface area contributed by atoms with E-state index < -0.39 is 5.97 Å². The van der Waals surface area contributed by atoms with Crippen molar-refractivity contribution in [1.29, 1.82) is 0 Å². The highest BCUT2D eigenvalue weighted by molar-refractivity contribution is 5.99. The number of carbonyl (C=O) groups is 2. The number of aldehydes is 1. The van der Waals surface area contributed by atoms with Crippen LogP contribution in [0, 0.1) is 6.92 Å². The molecule has 0 saturated heterocycles. The Morgan fingerprint density at radius 1 is 1.25 bits per heavy atom. The lowest BCUT2D eigenvalue weighted by Crippen LogP contribution is -2.12. The maximum atomic E-state index is 12.4. The molecule has 5 nitrogen and oxygen atoms in total. The second kappa shape index (κ2) is 6.60. The molecule has 1 aromatic heterocycles. The van der Waals surface area contributed by atoms with Crippen molar-refractivity contribution in [3.63, 3.8) is 0 Å². The van der Waals surface area contributed by atoms with Gasteiger partial charge in [0, 0.05) is 23.4 Å². The van der Waals surface area contributed by atoms with E-state index >= 15 is 0 Å². The van der Waals surface area contributed by atoms with Crippen molar-refractivity contribution in [3.05, 3.63) is 70.9 Å². The van der Waals surface area contributed by atoms with Crippen molar-refractivity contribution in [3.8, 4) is 5.88 Å². The van der Waals surface area contributed by atoms with E-state index in [4.69, 9.17) is 9.84 Å². The SMILES string of the molecule is Cc1c(C(=O)Oc2cc(C=O)c(CO)cn2)ccc2ccccc12. The largest absolute Gasteiger partial charge is 0.404 e. The summed E-state index contributed by atoms with van der Waals surface area (Å²) in [5, 5.41) is 11.1. The van der Waals surface area contributed by atoms with Crippen LogP contribution in [0.1, 0.15) is 31.8 Å². The number of rotatable bonds is 4. The van der Waals surface area contributed by atoms with Gasteiger partial charge in [-0.3, -0.25) is 4.79 Å². The fraction of sp³-hybridized carbons (Fsp3) is 0.105. The van der Waals surface area contributed by atoms with E-state index in [1.807, 2.05) is 37.3 Å². The Balaban J connectivity index is 1.93. The number of hydrogen-bond donors (Lipinski definition) is 1. The molecule has 0 radical (unpaired) electrons. The number of nitrogens with zero attached hydrogens (tertiary/aromatic N) is 1. The van der Waals surface area contributed by atoms with Gasteiger partial charge in [0.2, 0.25) is 5.88 Å². The van der Waals surface area contributed by atoms with Crippen molar-refractivity contribution in [2.75, 3.05) is 0 Å². The maximum Gasteiger partial charge on any atom is 0.345 e. The van der Waals surface area contributed by atoms with Crippen LogP contribution in [0.25, 0.3) is 10.8 Å². The van der Waals surface area contributed by atoms with Crippen LogP contribution in [-0.2, 0) is 6.61 Å². The van der Waals surface area contributed by atoms with Crippen LogP contribution in [0.4, 0.5) is 0 Å². The van der Waals surface area contributed by atoms with Gasteiger partial charge in [0.05, 0.1) is 12.2 Å². The second-order valence-electron chi connectivity index (χ2n) is 5.35. The predicted molar refractivity (Wildman–Crippen MR) is 89.2 cm³/mol. The van der Waals surface area contributed by atoms with Crippen molar-refractivity contribution < 1.29 is 19.4 Å². The van der Waals surface area contributed by atoms with E-state index in [1.165, 1.54) is 12.3 Å². The molecule has 120 valence electrons. The first kappa shape index (κ1) is 15.8. The molecule has 3 aromatic rings. The summed E-state index contributed by atoms with van der Waals surface area (Å²) in [7, 11) is 0. The Morgan fingerprint density at radius 2 is 2.04 bits per heavy atom. The van der Waals surface area contributed by atoms with E-state index in [0.29, 0.717) is 17.4 Å². The first-order valence-corrected chi connectivity index (χ1v) is 7.39. The lowest BCUT2D eigenvalue weighted by atomic mass is 10.0. The Bertz CT molecular complexity index is 934. The van der Waals surface area contributed by atoms with Gasteiger partial charge in [-0.2, -0.15) is 0 Å². The molecule has 2 aromatic carbocycles. The molecule has 0 spiro atoms. The van der Waals surface area contributed by atoms with E-state index in [-0.39, 0.29) is 18.1 Å². The summed E-state index contributed by atoms with van der Waals surface area (Å²) in [6, 6.07) is 12.7. The zero-order valence-electron chi connectivity index (χ0n) is 13.0. The monoisotopic (exact) mass is 321 g/mol. The highest BCUT2D eigenvalue weighted by Gasteiger charge is 2.15. The number of aromatic nitrogens is 1. The Morgan fingerprint density at radius 3 is 2.79 bits per heavy atom. The average molecular weight is 321 g/mol. The van der Waals surface area contributed by atoms with E-state index in [9.17, 15) is 9.59 Å². The minimum Gasteiger partial charge on any atom is -0.404 e. The molecule has 0 saturated carbocycles. The molecule has 1 N–H and O–H groups in total. The Hall–Kier alpha value is -3.05. The van der Waals surface area contributed by atoms with Crippen LogP contribution >= 0.6 is 0 Å². The average Bonchev–Trinajstić information content (AvgIpc) is 2.62. The van der Waals surface area contributed by atoms with Crippen molar-refractivity contribution in [2.24, 2.45) is 0 Å². The van der Waals surface area contributed by atoms with E-state index in [0.717, 1.165) is 16.3 Å². The molecule has 0 fully saturated rings. The summed E-state index contributed by atoms with van der Waals surface area (Å²) in [5.41, 5.74) is 1.88. The fourth-order valence-electron chi connectivity index (χ4n) is 2.57. The fourth-order valence-corrected chi connectivity index (χ4v) is 2.57. The number of benzene rings is 2. The van der Waals surface area contributed by atoms with Gasteiger partial charge in [0.15, 0.2) is 6.29 Å². The quantitative estimate of drug-likeness (QED) is 0.590. The lowest BCUT2D eigenvalue weighted by molar-refractivity contribution is 0.0726. The van der Waals surface area contributed by atoms with Crippen molar-refractivity contribution >= 4 is 23.0 Å². The number of esters is 1. The number of aliphatic hydroxyl groups is 1. The maximum absolute atomic E-state index is 12.4. The van der Waals surface area contributed by atoms with Crippen LogP contribution in [0.5, 0.6) is 5.88 Å². The van der Waals surface area contributed by atoms with Gasteiger partial charge in [0.1, 0.15) is 0 Å². The zero-order valence-corrected chi connectivity index (χ0v) is 13.0. The van der Waals surface area contributed by atoms with Gasteiger partial charge in [-0.05, 0) is 29.3 Å². The molecule has 24 heavy (non-hydrogen) atoms. The number of pyridine rings is 1. The predicted octanol–water partition coefficient (Wildman–Crippen LogP) is 3.07. The van der Waals surface area contributed by atoms with Crippen molar-refractivity contribution in [1.82, 2.24) is 4.98 Å². The Kier molecular flexibility index (Phi) is 4.35. The molecule has 5 heteroatoms. The third-order valence-electron chi connectivity index (χ3n) is 3.91. The number of aryl methyl sites for hydroxylation is 1. The van der Waals surface area contributed by atoms with Crippen LogP contribution in [0.2, 0.25) is 0 Å². The smallest absolute Gasteiger partial charge is 0.345 e. The van der Waals surface area contributed by atoms with Crippen LogP contribution in [0.3, 0.4) is 0 Å². The molecular weight excluding hydrogens is 306 g/mol. The van der Waals surface area contributed by atoms with E-state index in [2.05, 4.69) is 4.98 Å². The standard InChI is InChI=1S/C19H15NO4/c1-12-16-5-3-2-4-13(16)6-7-17(12)19(23)24-18-8-14(10-21)15(11-22)9-20-18/h2-10,22H,11H2,1H3. The van der Waals surface area contributed by atoms with Gasteiger partial charge in [-0.15, -0.1) is 0 Å². The minimum atomic E-state index is -0.542. The van der Waals surface area contributed by atoms with Gasteiger partial charge in [-0.1, -0.05) is 30.3 Å². The van der Waals surface area contributed by atoms with Gasteiger partial charge < -0.3 is 9.84 Å². The number of aliphatic hydroxyl groups excluding tert-OH is 1. The molecule has 0 unspecified atom stereocenters. The number of fused-ring (bicyclic) bond motifs is 1. The van der Waals surface area contributed by atoms with Crippen LogP contribution in [0.15, 0.2) is 48.7 Å². The molecule has 0 amide bonds. The summed E-state index contributed by atoms with van der Waals surface area (Å²) in [6.07, 6.45) is 1.91. The lowest BCUT2D eigenvalue weighted by Gasteiger charge is -2.10. The molecule has 0 aliphatic heterocycles. The second-order valence-corrected chi connectivity index (χ2v) is 5.35. The summed E-state index contributed by atoms with van der Waals surface area (Å²) in [5.74, 6) is -0.522. The number of carbonyl (C=O) groups excluding carboxylic acids is 2. The molecule has 3 rings (SSSR count). The summed E-state index contributed by atoms with van der Waals surface area (Å²) < 4.78 is 5.28. The van der Waals surface area contributed by atoms with Crippen molar-refractivity contribution in [2.45, 2.75) is 13.5 Å². The molecule has 0 bridgehead atoms. The third-order valence-corrected chi connectivity index (χ3v) is 3.91. The Labute approximate surface area is 138 Å². The highest BCUT2D eigenvalue weighted by Crippen LogP contribution is 2.23. The van der Waals surface area contributed by atoms with E-state index in [1.54, 1.807) is 6.07 Å². The normalized spacial score (nSPS) is 10.6. The number of hydrogen-bond acceptors (Lipinski definition) is 5. The third kappa shape index (κ3) is 2.89. The summed E-state index contributed by atoms with van der Waals surface area (Å²) >= 11 is 0.